The molecule has 0 unspecified atom stereocenters. The fourth-order valence-electron chi connectivity index (χ4n) is 2.51. The first-order chi connectivity index (χ1) is 12.5. The van der Waals surface area contributed by atoms with E-state index in [-0.39, 0.29) is 11.8 Å². The molecular weight excluding hydrogens is 332 g/mol. The molecule has 0 saturated heterocycles. The largest absolute Gasteiger partial charge is 0.486 e. The summed E-state index contributed by atoms with van der Waals surface area (Å²) in [6.45, 7) is 4.55. The van der Waals surface area contributed by atoms with Gasteiger partial charge < -0.3 is 20.1 Å². The Morgan fingerprint density at radius 3 is 2.38 bits per heavy atom. The lowest BCUT2D eigenvalue weighted by Gasteiger charge is -2.24. The Hall–Kier alpha value is -3.02. The van der Waals surface area contributed by atoms with Gasteiger partial charge in [-0.1, -0.05) is 30.3 Å². The fourth-order valence-corrected chi connectivity index (χ4v) is 2.51. The fraction of sp³-hybridized carbons (Fsp3) is 0.300. The van der Waals surface area contributed by atoms with E-state index >= 15 is 0 Å². The highest BCUT2D eigenvalue weighted by molar-refractivity contribution is 6.09. The Kier molecular flexibility index (Phi) is 5.11. The van der Waals surface area contributed by atoms with Crippen LogP contribution in [0.25, 0.3) is 0 Å². The minimum atomic E-state index is -1.22. The lowest BCUT2D eigenvalue weighted by atomic mass is 9.90. The smallest absolute Gasteiger partial charge is 0.239 e. The summed E-state index contributed by atoms with van der Waals surface area (Å²) in [5.41, 5.74) is 0.314. The number of carbonyl (C=O) groups excluding carboxylic acids is 2. The van der Waals surface area contributed by atoms with E-state index in [2.05, 4.69) is 10.6 Å². The molecule has 2 amide bonds. The highest BCUT2D eigenvalue weighted by Crippen LogP contribution is 2.33. The standard InChI is InChI=1S/C20H22N2O4/c1-20(2,18(23)21-13-14-6-4-3-5-7-14)19(24)22-15-8-9-16-17(12-15)26-11-10-25-16/h3-9,12H,10-11,13H2,1-2H3,(H,21,23)(H,22,24). The molecular formula is C20H22N2O4. The molecule has 2 aromatic rings. The number of carbonyl (C=O) groups is 2. The first-order valence-corrected chi connectivity index (χ1v) is 8.50. The summed E-state index contributed by atoms with van der Waals surface area (Å²) in [6, 6.07) is 14.7. The van der Waals surface area contributed by atoms with Crippen molar-refractivity contribution in [1.29, 1.82) is 0 Å². The van der Waals surface area contributed by atoms with E-state index in [0.717, 1.165) is 5.56 Å². The summed E-state index contributed by atoms with van der Waals surface area (Å²) in [5, 5.41) is 5.59. The van der Waals surface area contributed by atoms with Crippen LogP contribution in [0.3, 0.4) is 0 Å². The number of rotatable bonds is 5. The maximum absolute atomic E-state index is 12.6. The number of amides is 2. The predicted octanol–water partition coefficient (Wildman–Crippen LogP) is 2.74. The molecule has 2 N–H and O–H groups in total. The van der Waals surface area contributed by atoms with E-state index in [0.29, 0.717) is 36.9 Å². The van der Waals surface area contributed by atoms with Gasteiger partial charge in [-0.05, 0) is 31.5 Å². The highest BCUT2D eigenvalue weighted by atomic mass is 16.6. The number of ether oxygens (including phenoxy) is 2. The first kappa shape index (κ1) is 17.8. The van der Waals surface area contributed by atoms with Crippen molar-refractivity contribution in [2.45, 2.75) is 20.4 Å². The topological polar surface area (TPSA) is 76.7 Å². The molecule has 0 spiro atoms. The summed E-state index contributed by atoms with van der Waals surface area (Å²) < 4.78 is 11.0. The van der Waals surface area contributed by atoms with E-state index in [1.165, 1.54) is 0 Å². The van der Waals surface area contributed by atoms with Gasteiger partial charge in [0.25, 0.3) is 0 Å². The molecule has 1 aliphatic heterocycles. The summed E-state index contributed by atoms with van der Waals surface area (Å²) in [7, 11) is 0. The van der Waals surface area contributed by atoms with Gasteiger partial charge >= 0.3 is 0 Å². The van der Waals surface area contributed by atoms with E-state index < -0.39 is 5.41 Å². The number of hydrogen-bond acceptors (Lipinski definition) is 4. The van der Waals surface area contributed by atoms with E-state index in [1.807, 2.05) is 30.3 Å². The molecule has 1 aliphatic rings. The Morgan fingerprint density at radius 2 is 1.65 bits per heavy atom. The zero-order valence-electron chi connectivity index (χ0n) is 14.9. The maximum Gasteiger partial charge on any atom is 0.239 e. The van der Waals surface area contributed by atoms with Gasteiger partial charge in [-0.2, -0.15) is 0 Å². The molecule has 2 aromatic carbocycles. The molecule has 136 valence electrons. The zero-order chi connectivity index (χ0) is 18.6. The van der Waals surface area contributed by atoms with E-state index in [1.54, 1.807) is 32.0 Å². The molecule has 6 nitrogen and oxygen atoms in total. The van der Waals surface area contributed by atoms with Crippen LogP contribution in [0.5, 0.6) is 11.5 Å². The number of nitrogens with one attached hydrogen (secondary N) is 2. The average Bonchev–Trinajstić information content (AvgIpc) is 2.66. The van der Waals surface area contributed by atoms with Crippen LogP contribution in [-0.2, 0) is 16.1 Å². The van der Waals surface area contributed by atoms with Gasteiger partial charge in [-0.3, -0.25) is 9.59 Å². The highest BCUT2D eigenvalue weighted by Gasteiger charge is 2.36. The maximum atomic E-state index is 12.6. The molecule has 6 heteroatoms. The summed E-state index contributed by atoms with van der Waals surface area (Å²) >= 11 is 0. The quantitative estimate of drug-likeness (QED) is 0.810. The molecule has 1 heterocycles. The van der Waals surface area contributed by atoms with Crippen LogP contribution in [0.4, 0.5) is 5.69 Å². The number of anilines is 1. The van der Waals surface area contributed by atoms with E-state index in [4.69, 9.17) is 9.47 Å². The third-order valence-corrected chi connectivity index (χ3v) is 4.23. The van der Waals surface area contributed by atoms with E-state index in [9.17, 15) is 9.59 Å². The van der Waals surface area contributed by atoms with Crippen molar-refractivity contribution < 1.29 is 19.1 Å². The minimum absolute atomic E-state index is 0.337. The molecule has 0 bridgehead atoms. The molecule has 0 fully saturated rings. The van der Waals surface area contributed by atoms with Crippen molar-refractivity contribution in [3.8, 4) is 11.5 Å². The Balaban J connectivity index is 1.62. The summed E-state index contributed by atoms with van der Waals surface area (Å²) in [6.07, 6.45) is 0. The Morgan fingerprint density at radius 1 is 0.962 bits per heavy atom. The molecule has 3 rings (SSSR count). The molecule has 0 radical (unpaired) electrons. The summed E-state index contributed by atoms with van der Waals surface area (Å²) in [4.78, 5) is 25.1. The molecule has 0 saturated carbocycles. The van der Waals surface area contributed by atoms with Crippen LogP contribution >= 0.6 is 0 Å². The zero-order valence-corrected chi connectivity index (χ0v) is 14.9. The van der Waals surface area contributed by atoms with Gasteiger partial charge in [0.1, 0.15) is 18.6 Å². The third kappa shape index (κ3) is 3.96. The lowest BCUT2D eigenvalue weighted by molar-refractivity contribution is -0.138. The number of benzene rings is 2. The predicted molar refractivity (Wildman–Crippen MR) is 98.1 cm³/mol. The number of hydrogen-bond donors (Lipinski definition) is 2. The van der Waals surface area contributed by atoms with Crippen molar-refractivity contribution in [1.82, 2.24) is 5.32 Å². The van der Waals surface area contributed by atoms with Crippen LogP contribution < -0.4 is 20.1 Å². The molecule has 0 aromatic heterocycles. The van der Waals surface area contributed by atoms with Gasteiger partial charge in [0.15, 0.2) is 11.5 Å². The van der Waals surface area contributed by atoms with Crippen LogP contribution in [0.1, 0.15) is 19.4 Å². The second-order valence-electron chi connectivity index (χ2n) is 6.61. The van der Waals surface area contributed by atoms with Gasteiger partial charge in [-0.25, -0.2) is 0 Å². The first-order valence-electron chi connectivity index (χ1n) is 8.50. The Bertz CT molecular complexity index is 803. The van der Waals surface area contributed by atoms with Crippen molar-refractivity contribution in [3.05, 3.63) is 54.1 Å². The molecule has 0 aliphatic carbocycles. The van der Waals surface area contributed by atoms with Crippen molar-refractivity contribution in [3.63, 3.8) is 0 Å². The van der Waals surface area contributed by atoms with Crippen molar-refractivity contribution in [2.75, 3.05) is 18.5 Å². The average molecular weight is 354 g/mol. The Labute approximate surface area is 152 Å². The molecule has 0 atom stereocenters. The van der Waals surface area contributed by atoms with Gasteiger partial charge in [0, 0.05) is 18.3 Å². The molecule has 26 heavy (non-hydrogen) atoms. The van der Waals surface area contributed by atoms with Gasteiger partial charge in [-0.15, -0.1) is 0 Å². The van der Waals surface area contributed by atoms with Crippen molar-refractivity contribution >= 4 is 17.5 Å². The van der Waals surface area contributed by atoms with Crippen molar-refractivity contribution in [2.24, 2.45) is 5.41 Å². The normalized spacial score (nSPS) is 13.0. The lowest BCUT2D eigenvalue weighted by Crippen LogP contribution is -2.44. The van der Waals surface area contributed by atoms with Gasteiger partial charge in [0.05, 0.1) is 0 Å². The summed E-state index contributed by atoms with van der Waals surface area (Å²) in [5.74, 6) is 0.505. The van der Waals surface area contributed by atoms with Crippen LogP contribution in [0, 0.1) is 5.41 Å². The van der Waals surface area contributed by atoms with Crippen LogP contribution in [0.15, 0.2) is 48.5 Å². The third-order valence-electron chi connectivity index (χ3n) is 4.23. The second-order valence-corrected chi connectivity index (χ2v) is 6.61. The minimum Gasteiger partial charge on any atom is -0.486 e. The number of fused-ring (bicyclic) bond motifs is 1. The second kappa shape index (κ2) is 7.47. The van der Waals surface area contributed by atoms with Crippen LogP contribution in [-0.4, -0.2) is 25.0 Å². The monoisotopic (exact) mass is 354 g/mol. The van der Waals surface area contributed by atoms with Gasteiger partial charge in [0.2, 0.25) is 11.8 Å². The van der Waals surface area contributed by atoms with Crippen LogP contribution in [0.2, 0.25) is 0 Å². The SMILES string of the molecule is CC(C)(C(=O)NCc1ccccc1)C(=O)Nc1ccc2c(c1)OCCO2.